The van der Waals surface area contributed by atoms with Crippen molar-refractivity contribution >= 4 is 44.1 Å². The Balaban J connectivity index is 1.13. The summed E-state index contributed by atoms with van der Waals surface area (Å²) in [7, 11) is 0. The Kier molecular flexibility index (Phi) is 5.22. The van der Waals surface area contributed by atoms with Gasteiger partial charge in [-0.1, -0.05) is 0 Å². The fraction of sp³-hybridized carbons (Fsp3) is 0.417. The summed E-state index contributed by atoms with van der Waals surface area (Å²) in [4.78, 5) is 26.5. The van der Waals surface area contributed by atoms with Gasteiger partial charge in [-0.15, -0.1) is 11.3 Å². The van der Waals surface area contributed by atoms with Gasteiger partial charge in [0.1, 0.15) is 23.5 Å². The molecular weight excluding hydrogens is 491 g/mol. The van der Waals surface area contributed by atoms with E-state index in [0.717, 1.165) is 49.4 Å². The summed E-state index contributed by atoms with van der Waals surface area (Å²) in [5.41, 5.74) is 2.15. The molecule has 1 aliphatic heterocycles. The van der Waals surface area contributed by atoms with Gasteiger partial charge in [0.25, 0.3) is 0 Å². The minimum absolute atomic E-state index is 0.000908. The van der Waals surface area contributed by atoms with E-state index in [2.05, 4.69) is 25.2 Å². The SMILES string of the molecule is N#CCn1c(=O)[nH]c2cc(NC3CC4(CCN(c5ncnc6sc(CC(F)(F)F)cc56)C4)C3)ccc21. The number of H-pyrrole nitrogens is 1. The van der Waals surface area contributed by atoms with Gasteiger partial charge in [0.05, 0.1) is 28.9 Å². The van der Waals surface area contributed by atoms with Crippen molar-refractivity contribution in [3.8, 4) is 6.07 Å². The molecular formula is C24H22F3N7OS. The van der Waals surface area contributed by atoms with E-state index in [9.17, 15) is 18.0 Å². The van der Waals surface area contributed by atoms with E-state index in [0.29, 0.717) is 33.1 Å². The van der Waals surface area contributed by atoms with Crippen LogP contribution in [-0.2, 0) is 13.0 Å². The molecule has 1 saturated heterocycles. The summed E-state index contributed by atoms with van der Waals surface area (Å²) in [5.74, 6) is 0.717. The summed E-state index contributed by atoms with van der Waals surface area (Å²) in [6.45, 7) is 1.62. The highest BCUT2D eigenvalue weighted by Gasteiger charge is 2.49. The first-order valence-electron chi connectivity index (χ1n) is 11.6. The van der Waals surface area contributed by atoms with Crippen LogP contribution in [0.4, 0.5) is 24.7 Å². The lowest BCUT2D eigenvalue weighted by Gasteiger charge is -2.46. The molecule has 1 aromatic carbocycles. The zero-order valence-corrected chi connectivity index (χ0v) is 19.9. The Labute approximate surface area is 207 Å². The van der Waals surface area contributed by atoms with Crippen molar-refractivity contribution in [3.05, 3.63) is 46.0 Å². The Morgan fingerprint density at radius 3 is 2.89 bits per heavy atom. The van der Waals surface area contributed by atoms with Gasteiger partial charge in [-0.05, 0) is 48.9 Å². The van der Waals surface area contributed by atoms with Crippen molar-refractivity contribution in [2.75, 3.05) is 23.3 Å². The number of aromatic nitrogens is 4. The topological polar surface area (TPSA) is 103 Å². The van der Waals surface area contributed by atoms with Gasteiger partial charge in [0.2, 0.25) is 0 Å². The van der Waals surface area contributed by atoms with Crippen LogP contribution in [0.25, 0.3) is 21.3 Å². The largest absolute Gasteiger partial charge is 0.393 e. The molecule has 1 aliphatic carbocycles. The van der Waals surface area contributed by atoms with E-state index >= 15 is 0 Å². The van der Waals surface area contributed by atoms with Crippen LogP contribution in [0.1, 0.15) is 24.1 Å². The first kappa shape index (κ1) is 22.8. The monoisotopic (exact) mass is 513 g/mol. The molecule has 2 aliphatic rings. The van der Waals surface area contributed by atoms with Crippen molar-refractivity contribution < 1.29 is 13.2 Å². The molecule has 0 amide bonds. The Bertz CT molecular complexity index is 1560. The van der Waals surface area contributed by atoms with E-state index in [1.54, 1.807) is 6.07 Å². The zero-order valence-electron chi connectivity index (χ0n) is 19.1. The number of nitrogens with one attached hydrogen (secondary N) is 2. The standard InChI is InChI=1S/C24H22F3N7OS/c25-24(26,27)11-16-8-17-20(29-13-30-21(17)36-16)33-5-3-23(12-33)9-15(10-23)31-14-1-2-19-18(7-14)32-22(35)34(19)6-4-28/h1-2,7-8,13,15,31H,3,5-6,9-12H2,(H,32,35). The molecule has 0 bridgehead atoms. The Morgan fingerprint density at radius 1 is 1.28 bits per heavy atom. The lowest BCUT2D eigenvalue weighted by Crippen LogP contribution is -2.46. The lowest BCUT2D eigenvalue weighted by atomic mass is 9.65. The molecule has 3 aromatic heterocycles. The second-order valence-corrected chi connectivity index (χ2v) is 10.9. The number of thiophene rings is 1. The van der Waals surface area contributed by atoms with Crippen molar-refractivity contribution in [1.82, 2.24) is 19.5 Å². The number of fused-ring (bicyclic) bond motifs is 2. The number of aromatic amines is 1. The van der Waals surface area contributed by atoms with Crippen LogP contribution < -0.4 is 15.9 Å². The summed E-state index contributed by atoms with van der Waals surface area (Å²) in [5, 5.41) is 13.2. The predicted molar refractivity (Wildman–Crippen MR) is 131 cm³/mol. The highest BCUT2D eigenvalue weighted by atomic mass is 32.1. The molecule has 1 saturated carbocycles. The van der Waals surface area contributed by atoms with Gasteiger partial charge in [-0.25, -0.2) is 14.8 Å². The first-order valence-corrected chi connectivity index (χ1v) is 12.4. The number of nitriles is 1. The van der Waals surface area contributed by atoms with Gasteiger partial charge >= 0.3 is 11.9 Å². The molecule has 1 spiro atoms. The third-order valence-electron chi connectivity index (χ3n) is 7.20. The smallest absolute Gasteiger partial charge is 0.382 e. The highest BCUT2D eigenvalue weighted by Crippen LogP contribution is 2.50. The maximum atomic E-state index is 12.9. The number of hydrogen-bond donors (Lipinski definition) is 2. The molecule has 8 nitrogen and oxygen atoms in total. The molecule has 12 heteroatoms. The number of benzene rings is 1. The maximum Gasteiger partial charge on any atom is 0.393 e. The molecule has 0 atom stereocenters. The average molecular weight is 514 g/mol. The fourth-order valence-electron chi connectivity index (χ4n) is 5.68. The third kappa shape index (κ3) is 4.07. The molecule has 4 aromatic rings. The summed E-state index contributed by atoms with van der Waals surface area (Å²) in [6.07, 6.45) is -0.810. The molecule has 6 rings (SSSR count). The molecule has 0 radical (unpaired) electrons. The second-order valence-electron chi connectivity index (χ2n) is 9.75. The van der Waals surface area contributed by atoms with Crippen molar-refractivity contribution in [1.29, 1.82) is 5.26 Å². The molecule has 0 unspecified atom stereocenters. The molecule has 2 N–H and O–H groups in total. The van der Waals surface area contributed by atoms with Crippen LogP contribution in [0.15, 0.2) is 35.4 Å². The van der Waals surface area contributed by atoms with Gasteiger partial charge in [-0.2, -0.15) is 18.4 Å². The molecule has 4 heterocycles. The van der Waals surface area contributed by atoms with E-state index in [1.807, 2.05) is 24.3 Å². The lowest BCUT2D eigenvalue weighted by molar-refractivity contribution is -0.126. The molecule has 2 fully saturated rings. The van der Waals surface area contributed by atoms with Crippen LogP contribution in [0.2, 0.25) is 0 Å². The Morgan fingerprint density at radius 2 is 2.11 bits per heavy atom. The van der Waals surface area contributed by atoms with E-state index in [4.69, 9.17) is 5.26 Å². The Hall–Kier alpha value is -3.59. The van der Waals surface area contributed by atoms with Crippen molar-refractivity contribution in [3.63, 3.8) is 0 Å². The summed E-state index contributed by atoms with van der Waals surface area (Å²) < 4.78 is 40.0. The minimum Gasteiger partial charge on any atom is -0.382 e. The summed E-state index contributed by atoms with van der Waals surface area (Å²) >= 11 is 1.08. The fourth-order valence-corrected chi connectivity index (χ4v) is 6.70. The van der Waals surface area contributed by atoms with Gasteiger partial charge < -0.3 is 15.2 Å². The van der Waals surface area contributed by atoms with Crippen LogP contribution >= 0.6 is 11.3 Å². The number of nitrogens with zero attached hydrogens (tertiary/aromatic N) is 5. The average Bonchev–Trinajstić information content (AvgIpc) is 3.48. The molecule has 186 valence electrons. The number of anilines is 2. The normalized spacial score (nSPS) is 21.8. The first-order chi connectivity index (χ1) is 17.2. The van der Waals surface area contributed by atoms with Gasteiger partial charge in [-0.3, -0.25) is 4.57 Å². The maximum absolute atomic E-state index is 12.9. The van der Waals surface area contributed by atoms with Crippen LogP contribution in [0, 0.1) is 16.7 Å². The number of halogens is 3. The van der Waals surface area contributed by atoms with Gasteiger partial charge in [0, 0.05) is 29.7 Å². The number of hydrogen-bond acceptors (Lipinski definition) is 7. The van der Waals surface area contributed by atoms with Crippen molar-refractivity contribution in [2.45, 2.75) is 44.4 Å². The second kappa shape index (κ2) is 8.23. The number of imidazole rings is 1. The minimum atomic E-state index is -4.25. The van der Waals surface area contributed by atoms with E-state index < -0.39 is 12.6 Å². The number of alkyl halides is 3. The van der Waals surface area contributed by atoms with Crippen LogP contribution in [0.5, 0.6) is 0 Å². The van der Waals surface area contributed by atoms with Crippen LogP contribution in [-0.4, -0.2) is 44.8 Å². The van der Waals surface area contributed by atoms with Gasteiger partial charge in [0.15, 0.2) is 0 Å². The highest BCUT2D eigenvalue weighted by molar-refractivity contribution is 7.18. The predicted octanol–water partition coefficient (Wildman–Crippen LogP) is 4.43. The van der Waals surface area contributed by atoms with E-state index in [-0.39, 0.29) is 22.5 Å². The number of rotatable bonds is 5. The quantitative estimate of drug-likeness (QED) is 0.409. The molecule has 36 heavy (non-hydrogen) atoms. The van der Waals surface area contributed by atoms with E-state index in [1.165, 1.54) is 10.9 Å². The summed E-state index contributed by atoms with van der Waals surface area (Å²) in [6, 6.07) is 9.53. The van der Waals surface area contributed by atoms with Crippen molar-refractivity contribution in [2.24, 2.45) is 5.41 Å². The zero-order chi connectivity index (χ0) is 25.1. The third-order valence-corrected chi connectivity index (χ3v) is 8.25. The van der Waals surface area contributed by atoms with Crippen LogP contribution in [0.3, 0.4) is 0 Å².